The first kappa shape index (κ1) is 31.7. The third-order valence-electron chi connectivity index (χ3n) is 8.18. The number of aryl methyl sites for hydroxylation is 1. The van der Waals surface area contributed by atoms with E-state index in [9.17, 15) is 9.59 Å². The second-order valence-electron chi connectivity index (χ2n) is 11.3. The Bertz CT molecular complexity index is 1920. The number of nitrogens with two attached hydrogens (primary N) is 1. The number of ketones is 1. The van der Waals surface area contributed by atoms with E-state index < -0.39 is 0 Å². The SMILES string of the molecule is CCn1cc(C(=O)Cc2ccc(-c3cc(-c4ccc(OC[C@H]5COCCO5)c(OC)c4)cnc3N)cc2)c(=O)c(-c2ccccc2)c1. The summed E-state index contributed by atoms with van der Waals surface area (Å²) in [6, 6.07) is 24.7. The van der Waals surface area contributed by atoms with Crippen molar-refractivity contribution in [2.75, 3.05) is 39.3 Å². The largest absolute Gasteiger partial charge is 0.493 e. The first-order valence-corrected chi connectivity index (χ1v) is 15.6. The van der Waals surface area contributed by atoms with Crippen LogP contribution in [0.4, 0.5) is 5.82 Å². The van der Waals surface area contributed by atoms with Crippen molar-refractivity contribution in [1.29, 1.82) is 0 Å². The number of benzene rings is 3. The summed E-state index contributed by atoms with van der Waals surface area (Å²) in [5.74, 6) is 1.36. The van der Waals surface area contributed by atoms with Crippen molar-refractivity contribution in [3.63, 3.8) is 0 Å². The van der Waals surface area contributed by atoms with Gasteiger partial charge < -0.3 is 29.2 Å². The molecule has 2 N–H and O–H groups in total. The van der Waals surface area contributed by atoms with Crippen LogP contribution in [-0.4, -0.2) is 55.0 Å². The standard InChI is InChI=1S/C38H37N3O6/c1-3-41-21-32(26-7-5-4-6-8-26)37(43)33(22-41)34(42)17-25-9-11-27(12-10-25)31-18-29(20-40-38(31)39)28-13-14-35(36(19-28)44-2)47-24-30-23-45-15-16-46-30/h4-14,18-22,30H,3,15-17,23-24H2,1-2H3,(H2,39,40)/t30-/m1/s1. The van der Waals surface area contributed by atoms with Crippen molar-refractivity contribution in [3.05, 3.63) is 119 Å². The number of ether oxygens (including phenoxy) is 4. The number of anilines is 1. The first-order valence-electron chi connectivity index (χ1n) is 15.6. The highest BCUT2D eigenvalue weighted by Crippen LogP contribution is 2.35. The molecule has 1 aliphatic heterocycles. The van der Waals surface area contributed by atoms with Crippen LogP contribution in [0.2, 0.25) is 0 Å². The molecule has 2 aromatic heterocycles. The molecule has 3 aromatic carbocycles. The lowest BCUT2D eigenvalue weighted by molar-refractivity contribution is -0.101. The summed E-state index contributed by atoms with van der Waals surface area (Å²) in [6.45, 7) is 4.64. The van der Waals surface area contributed by atoms with Crippen LogP contribution in [0.3, 0.4) is 0 Å². The maximum Gasteiger partial charge on any atom is 0.200 e. The summed E-state index contributed by atoms with van der Waals surface area (Å²) in [4.78, 5) is 31.3. The quantitative estimate of drug-likeness (QED) is 0.175. The van der Waals surface area contributed by atoms with Crippen LogP contribution in [-0.2, 0) is 22.4 Å². The monoisotopic (exact) mass is 631 g/mol. The number of hydrogen-bond acceptors (Lipinski definition) is 8. The van der Waals surface area contributed by atoms with Crippen LogP contribution in [0.15, 0.2) is 102 Å². The number of aromatic nitrogens is 2. The highest BCUT2D eigenvalue weighted by molar-refractivity contribution is 5.98. The Morgan fingerprint density at radius 1 is 0.915 bits per heavy atom. The number of hydrogen-bond donors (Lipinski definition) is 1. The van der Waals surface area contributed by atoms with Crippen molar-refractivity contribution in [1.82, 2.24) is 9.55 Å². The van der Waals surface area contributed by atoms with Crippen LogP contribution in [0.25, 0.3) is 33.4 Å². The van der Waals surface area contributed by atoms with Gasteiger partial charge in [-0.05, 0) is 47.4 Å². The Morgan fingerprint density at radius 2 is 1.68 bits per heavy atom. The molecule has 6 rings (SSSR count). The first-order chi connectivity index (χ1) is 22.9. The molecule has 0 saturated carbocycles. The van der Waals surface area contributed by atoms with E-state index >= 15 is 0 Å². The van der Waals surface area contributed by atoms with Gasteiger partial charge in [0, 0.05) is 48.2 Å². The zero-order valence-corrected chi connectivity index (χ0v) is 26.5. The summed E-state index contributed by atoms with van der Waals surface area (Å²) in [6.07, 6.45) is 5.15. The summed E-state index contributed by atoms with van der Waals surface area (Å²) < 4.78 is 24.6. The van der Waals surface area contributed by atoms with E-state index in [1.165, 1.54) is 0 Å². The number of nitrogens with zero attached hydrogens (tertiary/aromatic N) is 2. The molecule has 0 spiro atoms. The summed E-state index contributed by atoms with van der Waals surface area (Å²) >= 11 is 0. The third kappa shape index (κ3) is 7.27. The van der Waals surface area contributed by atoms with Crippen LogP contribution in [0.5, 0.6) is 11.5 Å². The van der Waals surface area contributed by atoms with Gasteiger partial charge >= 0.3 is 0 Å². The molecule has 0 aliphatic carbocycles. The van der Waals surface area contributed by atoms with Gasteiger partial charge in [0.15, 0.2) is 22.7 Å². The van der Waals surface area contributed by atoms with Gasteiger partial charge in [-0.3, -0.25) is 9.59 Å². The van der Waals surface area contributed by atoms with Crippen LogP contribution < -0.4 is 20.6 Å². The number of pyridine rings is 2. The number of methoxy groups -OCH3 is 1. The molecule has 1 saturated heterocycles. The van der Waals surface area contributed by atoms with Gasteiger partial charge in [-0.2, -0.15) is 0 Å². The Kier molecular flexibility index (Phi) is 9.75. The minimum Gasteiger partial charge on any atom is -0.493 e. The van der Waals surface area contributed by atoms with Crippen LogP contribution in [0, 0.1) is 0 Å². The lowest BCUT2D eigenvalue weighted by Gasteiger charge is -2.23. The molecule has 5 aromatic rings. The third-order valence-corrected chi connectivity index (χ3v) is 8.18. The minimum absolute atomic E-state index is 0.0966. The van der Waals surface area contributed by atoms with Crippen molar-refractivity contribution < 1.29 is 23.7 Å². The number of carbonyl (C=O) groups is 1. The molecule has 0 unspecified atom stereocenters. The Hall–Kier alpha value is -5.25. The lowest BCUT2D eigenvalue weighted by Crippen LogP contribution is -2.33. The van der Waals surface area contributed by atoms with Crippen molar-refractivity contribution in [2.45, 2.75) is 26.0 Å². The van der Waals surface area contributed by atoms with Gasteiger partial charge in [0.2, 0.25) is 0 Å². The number of carbonyl (C=O) groups excluding carboxylic acids is 1. The average Bonchev–Trinajstić information content (AvgIpc) is 3.12. The molecule has 47 heavy (non-hydrogen) atoms. The van der Waals surface area contributed by atoms with E-state index in [4.69, 9.17) is 24.7 Å². The topological polar surface area (TPSA) is 115 Å². The van der Waals surface area contributed by atoms with Crippen LogP contribution >= 0.6 is 0 Å². The molecule has 0 amide bonds. The minimum atomic E-state index is -0.262. The molecular formula is C38H37N3O6. The van der Waals surface area contributed by atoms with E-state index in [-0.39, 0.29) is 29.3 Å². The fourth-order valence-corrected chi connectivity index (χ4v) is 5.56. The number of nitrogen functional groups attached to an aromatic ring is 1. The molecule has 240 valence electrons. The van der Waals surface area contributed by atoms with Gasteiger partial charge in [0.25, 0.3) is 0 Å². The second-order valence-corrected chi connectivity index (χ2v) is 11.3. The maximum absolute atomic E-state index is 13.4. The van der Waals surface area contributed by atoms with E-state index in [0.717, 1.165) is 33.4 Å². The highest BCUT2D eigenvalue weighted by atomic mass is 16.6. The maximum atomic E-state index is 13.4. The Morgan fingerprint density at radius 3 is 2.40 bits per heavy atom. The Balaban J connectivity index is 1.19. The van der Waals surface area contributed by atoms with Crippen molar-refractivity contribution >= 4 is 11.6 Å². The molecule has 0 radical (unpaired) electrons. The predicted molar refractivity (Wildman–Crippen MR) is 182 cm³/mol. The normalized spacial score (nSPS) is 14.5. The predicted octanol–water partition coefficient (Wildman–Crippen LogP) is 6.07. The molecule has 0 bridgehead atoms. The molecule has 1 fully saturated rings. The average molecular weight is 632 g/mol. The highest BCUT2D eigenvalue weighted by Gasteiger charge is 2.18. The second kappa shape index (κ2) is 14.5. The zero-order chi connectivity index (χ0) is 32.8. The zero-order valence-electron chi connectivity index (χ0n) is 26.5. The smallest absolute Gasteiger partial charge is 0.200 e. The lowest BCUT2D eigenvalue weighted by atomic mass is 9.97. The van der Waals surface area contributed by atoms with Gasteiger partial charge in [-0.1, -0.05) is 60.7 Å². The summed E-state index contributed by atoms with van der Waals surface area (Å²) in [5, 5.41) is 0. The number of rotatable bonds is 11. The van der Waals surface area contributed by atoms with E-state index in [0.29, 0.717) is 55.9 Å². The van der Waals surface area contributed by atoms with Crippen LogP contribution in [0.1, 0.15) is 22.8 Å². The van der Waals surface area contributed by atoms with Crippen molar-refractivity contribution in [2.24, 2.45) is 0 Å². The van der Waals surface area contributed by atoms with E-state index in [2.05, 4.69) is 4.98 Å². The Labute approximate surface area is 273 Å². The summed E-state index contributed by atoms with van der Waals surface area (Å²) in [5.41, 5.74) is 11.7. The van der Waals surface area contributed by atoms with Crippen molar-refractivity contribution in [3.8, 4) is 44.9 Å². The van der Waals surface area contributed by atoms with Gasteiger partial charge in [0.1, 0.15) is 18.5 Å². The number of Topliss-reactive ketones (excluding diaryl/α,β-unsaturated/α-hetero) is 1. The molecule has 9 heteroatoms. The molecule has 1 atom stereocenters. The molecule has 1 aliphatic rings. The van der Waals surface area contributed by atoms with Gasteiger partial charge in [-0.25, -0.2) is 4.98 Å². The van der Waals surface area contributed by atoms with Gasteiger partial charge in [0.05, 0.1) is 32.5 Å². The molecular weight excluding hydrogens is 594 g/mol. The van der Waals surface area contributed by atoms with E-state index in [1.807, 2.05) is 90.4 Å². The fourth-order valence-electron chi connectivity index (χ4n) is 5.56. The fraction of sp³-hybridized carbons (Fsp3) is 0.237. The van der Waals surface area contributed by atoms with E-state index in [1.54, 1.807) is 25.7 Å². The molecule has 3 heterocycles. The van der Waals surface area contributed by atoms with Gasteiger partial charge in [-0.15, -0.1) is 0 Å². The molecule has 9 nitrogen and oxygen atoms in total. The summed E-state index contributed by atoms with van der Waals surface area (Å²) in [7, 11) is 1.60.